The summed E-state index contributed by atoms with van der Waals surface area (Å²) < 4.78 is 42.5. The summed E-state index contributed by atoms with van der Waals surface area (Å²) in [4.78, 5) is 11.5. The van der Waals surface area contributed by atoms with Crippen molar-refractivity contribution in [2.45, 2.75) is 6.18 Å². The maximum atomic E-state index is 12.5. The number of carbonyl (C=O) groups is 1. The minimum Gasteiger partial charge on any atom is -0.465 e. The number of carbonyl (C=O) groups excluding carboxylic acids is 1. The molecule has 0 bridgehead atoms. The zero-order valence-electron chi connectivity index (χ0n) is 10.1. The predicted octanol–water partition coefficient (Wildman–Crippen LogP) is 3.95. The summed E-state index contributed by atoms with van der Waals surface area (Å²) in [6.07, 6.45) is -0.392. The third-order valence-electron chi connectivity index (χ3n) is 2.40. The number of furan rings is 1. The lowest BCUT2D eigenvalue weighted by atomic mass is 10.2. The second-order valence-corrected chi connectivity index (χ2v) is 3.92. The van der Waals surface area contributed by atoms with E-state index in [9.17, 15) is 18.0 Å². The SMILES string of the molecule is O=C(/C=C\c1ccco1)Nc1cccc(C(F)(F)F)c1. The van der Waals surface area contributed by atoms with E-state index < -0.39 is 17.6 Å². The summed E-state index contributed by atoms with van der Waals surface area (Å²) in [5, 5.41) is 2.35. The fourth-order valence-corrected chi connectivity index (χ4v) is 1.50. The summed E-state index contributed by atoms with van der Waals surface area (Å²) in [7, 11) is 0. The van der Waals surface area contributed by atoms with E-state index in [0.717, 1.165) is 12.1 Å². The van der Waals surface area contributed by atoms with Crippen LogP contribution in [0.2, 0.25) is 0 Å². The molecule has 0 aliphatic heterocycles. The van der Waals surface area contributed by atoms with Gasteiger partial charge in [-0.2, -0.15) is 13.2 Å². The van der Waals surface area contributed by atoms with Crippen LogP contribution in [0, 0.1) is 0 Å². The highest BCUT2D eigenvalue weighted by molar-refractivity contribution is 6.01. The first-order chi connectivity index (χ1) is 9.45. The molecule has 1 aromatic heterocycles. The van der Waals surface area contributed by atoms with Crippen molar-refractivity contribution in [3.63, 3.8) is 0 Å². The van der Waals surface area contributed by atoms with Crippen molar-refractivity contribution in [1.29, 1.82) is 0 Å². The molecule has 0 aliphatic rings. The van der Waals surface area contributed by atoms with Crippen molar-refractivity contribution in [2.24, 2.45) is 0 Å². The van der Waals surface area contributed by atoms with Gasteiger partial charge in [-0.3, -0.25) is 4.79 Å². The molecule has 0 fully saturated rings. The summed E-state index contributed by atoms with van der Waals surface area (Å²) in [5.41, 5.74) is -0.737. The van der Waals surface area contributed by atoms with Crippen molar-refractivity contribution < 1.29 is 22.4 Å². The van der Waals surface area contributed by atoms with Crippen LogP contribution >= 0.6 is 0 Å². The van der Waals surface area contributed by atoms with Crippen molar-refractivity contribution in [2.75, 3.05) is 5.32 Å². The van der Waals surface area contributed by atoms with Gasteiger partial charge < -0.3 is 9.73 Å². The molecular weight excluding hydrogens is 271 g/mol. The molecule has 20 heavy (non-hydrogen) atoms. The molecule has 6 heteroatoms. The first-order valence-corrected chi connectivity index (χ1v) is 5.65. The van der Waals surface area contributed by atoms with Crippen LogP contribution in [0.1, 0.15) is 11.3 Å². The van der Waals surface area contributed by atoms with Gasteiger partial charge >= 0.3 is 6.18 Å². The van der Waals surface area contributed by atoms with Crippen LogP contribution in [0.25, 0.3) is 6.08 Å². The molecule has 0 saturated heterocycles. The fraction of sp³-hybridized carbons (Fsp3) is 0.0714. The van der Waals surface area contributed by atoms with Crippen LogP contribution in [0.4, 0.5) is 18.9 Å². The van der Waals surface area contributed by atoms with E-state index in [1.54, 1.807) is 12.1 Å². The van der Waals surface area contributed by atoms with E-state index in [2.05, 4.69) is 5.32 Å². The third kappa shape index (κ3) is 3.74. The maximum Gasteiger partial charge on any atom is 0.416 e. The lowest BCUT2D eigenvalue weighted by Gasteiger charge is -2.08. The van der Waals surface area contributed by atoms with Crippen LogP contribution in [-0.2, 0) is 11.0 Å². The van der Waals surface area contributed by atoms with Crippen molar-refractivity contribution in [1.82, 2.24) is 0 Å². The highest BCUT2D eigenvalue weighted by atomic mass is 19.4. The van der Waals surface area contributed by atoms with Gasteiger partial charge in [-0.1, -0.05) is 6.07 Å². The predicted molar refractivity (Wildman–Crippen MR) is 67.8 cm³/mol. The zero-order valence-corrected chi connectivity index (χ0v) is 10.1. The Hall–Kier alpha value is -2.50. The number of anilines is 1. The fourth-order valence-electron chi connectivity index (χ4n) is 1.50. The number of amides is 1. The zero-order chi connectivity index (χ0) is 14.6. The number of alkyl halides is 3. The van der Waals surface area contributed by atoms with Crippen LogP contribution in [-0.4, -0.2) is 5.91 Å². The molecule has 1 aromatic carbocycles. The van der Waals surface area contributed by atoms with Gasteiger partial charge in [0.2, 0.25) is 5.91 Å². The lowest BCUT2D eigenvalue weighted by Crippen LogP contribution is -2.10. The first-order valence-electron chi connectivity index (χ1n) is 5.65. The first kappa shape index (κ1) is 13.9. The van der Waals surface area contributed by atoms with E-state index in [4.69, 9.17) is 4.42 Å². The smallest absolute Gasteiger partial charge is 0.416 e. The molecule has 1 amide bonds. The van der Waals surface area contributed by atoms with E-state index >= 15 is 0 Å². The molecule has 0 spiro atoms. The van der Waals surface area contributed by atoms with E-state index in [-0.39, 0.29) is 5.69 Å². The van der Waals surface area contributed by atoms with Crippen molar-refractivity contribution in [3.05, 3.63) is 60.1 Å². The van der Waals surface area contributed by atoms with Crippen molar-refractivity contribution in [3.8, 4) is 0 Å². The van der Waals surface area contributed by atoms with Crippen molar-refractivity contribution >= 4 is 17.7 Å². The summed E-state index contributed by atoms with van der Waals surface area (Å²) >= 11 is 0. The number of hydrogen-bond acceptors (Lipinski definition) is 2. The Morgan fingerprint density at radius 3 is 2.65 bits per heavy atom. The molecule has 3 nitrogen and oxygen atoms in total. The summed E-state index contributed by atoms with van der Waals surface area (Å²) in [6, 6.07) is 7.73. The highest BCUT2D eigenvalue weighted by Gasteiger charge is 2.30. The molecular formula is C14H10F3NO2. The Kier molecular flexibility index (Phi) is 3.93. The van der Waals surface area contributed by atoms with Crippen LogP contribution in [0.3, 0.4) is 0 Å². The monoisotopic (exact) mass is 281 g/mol. The molecule has 0 saturated carbocycles. The van der Waals surface area contributed by atoms with E-state index in [1.807, 2.05) is 0 Å². The average Bonchev–Trinajstić information content (AvgIpc) is 2.89. The standard InChI is InChI=1S/C14H10F3NO2/c15-14(16,17)10-3-1-4-11(9-10)18-13(19)7-6-12-5-2-8-20-12/h1-9H,(H,18,19)/b7-6-. The Balaban J connectivity index is 2.05. The number of rotatable bonds is 3. The number of halogens is 3. The van der Waals surface area contributed by atoms with Gasteiger partial charge in [0.05, 0.1) is 11.8 Å². The van der Waals surface area contributed by atoms with E-state index in [1.165, 1.54) is 30.5 Å². The topological polar surface area (TPSA) is 42.2 Å². The minimum atomic E-state index is -4.44. The molecule has 2 rings (SSSR count). The Labute approximate surface area is 112 Å². The van der Waals surface area contributed by atoms with Crippen LogP contribution in [0.15, 0.2) is 53.2 Å². The Morgan fingerprint density at radius 2 is 2.00 bits per heavy atom. The molecule has 1 N–H and O–H groups in total. The summed E-state index contributed by atoms with van der Waals surface area (Å²) in [5.74, 6) is -0.0649. The van der Waals surface area contributed by atoms with E-state index in [0.29, 0.717) is 5.76 Å². The van der Waals surface area contributed by atoms with Gasteiger partial charge in [0, 0.05) is 11.8 Å². The normalized spacial score (nSPS) is 11.8. The van der Waals surface area contributed by atoms with Crippen LogP contribution in [0.5, 0.6) is 0 Å². The quantitative estimate of drug-likeness (QED) is 0.865. The third-order valence-corrected chi connectivity index (χ3v) is 2.40. The molecule has 0 aliphatic carbocycles. The van der Waals surface area contributed by atoms with Gasteiger partial charge in [-0.15, -0.1) is 0 Å². The molecule has 0 atom stereocenters. The Morgan fingerprint density at radius 1 is 1.20 bits per heavy atom. The van der Waals surface area contributed by atoms with Gasteiger partial charge in [0.25, 0.3) is 0 Å². The summed E-state index contributed by atoms with van der Waals surface area (Å²) in [6.45, 7) is 0. The van der Waals surface area contributed by atoms with Gasteiger partial charge in [0.1, 0.15) is 5.76 Å². The molecule has 104 valence electrons. The largest absolute Gasteiger partial charge is 0.465 e. The Bertz CT molecular complexity index is 616. The lowest BCUT2D eigenvalue weighted by molar-refractivity contribution is -0.137. The average molecular weight is 281 g/mol. The molecule has 0 radical (unpaired) electrons. The number of nitrogens with one attached hydrogen (secondary N) is 1. The van der Waals surface area contributed by atoms with Crippen LogP contribution < -0.4 is 5.32 Å². The number of hydrogen-bond donors (Lipinski definition) is 1. The second kappa shape index (κ2) is 5.64. The molecule has 1 heterocycles. The van der Waals surface area contributed by atoms with Gasteiger partial charge in [0.15, 0.2) is 0 Å². The van der Waals surface area contributed by atoms with Gasteiger partial charge in [-0.05, 0) is 36.4 Å². The molecule has 0 unspecified atom stereocenters. The number of benzene rings is 1. The second-order valence-electron chi connectivity index (χ2n) is 3.92. The minimum absolute atomic E-state index is 0.0777. The maximum absolute atomic E-state index is 12.5. The highest BCUT2D eigenvalue weighted by Crippen LogP contribution is 2.30. The van der Waals surface area contributed by atoms with Gasteiger partial charge in [-0.25, -0.2) is 0 Å². The molecule has 2 aromatic rings.